The molecule has 1 saturated carbocycles. The summed E-state index contributed by atoms with van der Waals surface area (Å²) in [6, 6.07) is 13.0. The number of nitrogens with zero attached hydrogens (tertiary/aromatic N) is 3. The highest BCUT2D eigenvalue weighted by Crippen LogP contribution is 2.44. The first-order valence-corrected chi connectivity index (χ1v) is 11.7. The van der Waals surface area contributed by atoms with Crippen LogP contribution in [0.2, 0.25) is 0 Å². The highest BCUT2D eigenvalue weighted by molar-refractivity contribution is 6.46. The van der Waals surface area contributed by atoms with Gasteiger partial charge in [-0.25, -0.2) is 0 Å². The number of hydrogen-bond acceptors (Lipinski definition) is 5. The van der Waals surface area contributed by atoms with Crippen LogP contribution in [0.25, 0.3) is 0 Å². The molecular weight excluding hydrogens is 469 g/mol. The van der Waals surface area contributed by atoms with E-state index in [0.29, 0.717) is 18.4 Å². The van der Waals surface area contributed by atoms with Gasteiger partial charge in [0.25, 0.3) is 5.91 Å². The van der Waals surface area contributed by atoms with Crippen molar-refractivity contribution in [3.8, 4) is 0 Å². The monoisotopic (exact) mass is 496 g/mol. The molecule has 2 aromatic carbocycles. The van der Waals surface area contributed by atoms with E-state index < -0.39 is 23.1 Å². The van der Waals surface area contributed by atoms with E-state index in [-0.39, 0.29) is 30.1 Å². The summed E-state index contributed by atoms with van der Waals surface area (Å²) in [7, 11) is 0. The molecule has 0 unspecified atom stereocenters. The van der Waals surface area contributed by atoms with Gasteiger partial charge in [-0.05, 0) is 42.1 Å². The van der Waals surface area contributed by atoms with Crippen LogP contribution in [-0.4, -0.2) is 23.2 Å². The van der Waals surface area contributed by atoms with Gasteiger partial charge in [-0.15, -0.1) is 4.91 Å². The second kappa shape index (κ2) is 10.1. The predicted molar refractivity (Wildman–Crippen MR) is 132 cm³/mol. The minimum atomic E-state index is -4.45. The number of carbonyl (C=O) groups is 1. The van der Waals surface area contributed by atoms with Gasteiger partial charge in [0.15, 0.2) is 5.71 Å². The van der Waals surface area contributed by atoms with Crippen LogP contribution in [0.5, 0.6) is 0 Å². The van der Waals surface area contributed by atoms with Crippen molar-refractivity contribution in [2.75, 3.05) is 6.54 Å². The van der Waals surface area contributed by atoms with E-state index in [1.165, 1.54) is 23.3 Å². The number of allylic oxidation sites excluding steroid dienone is 1. The largest absolute Gasteiger partial charge is 0.416 e. The molecule has 2 aromatic rings. The SMILES string of the molecule is C=C1C(N=O)=CN(CC2(c3cccc(C(F)(F)F)c3)CCCC2)N=C1C(=O)NCc1cccc(C)c1. The third-order valence-corrected chi connectivity index (χ3v) is 6.77. The quantitative estimate of drug-likeness (QED) is 0.480. The van der Waals surface area contributed by atoms with E-state index in [9.17, 15) is 22.9 Å². The van der Waals surface area contributed by atoms with E-state index in [4.69, 9.17) is 0 Å². The number of rotatable bonds is 7. The van der Waals surface area contributed by atoms with E-state index in [2.05, 4.69) is 22.2 Å². The second-order valence-corrected chi connectivity index (χ2v) is 9.37. The van der Waals surface area contributed by atoms with Gasteiger partial charge in [0.2, 0.25) is 0 Å². The second-order valence-electron chi connectivity index (χ2n) is 9.37. The number of halogens is 3. The van der Waals surface area contributed by atoms with Crippen molar-refractivity contribution in [2.45, 2.75) is 50.7 Å². The van der Waals surface area contributed by atoms with Crippen LogP contribution in [0.4, 0.5) is 13.2 Å². The summed E-state index contributed by atoms with van der Waals surface area (Å²) in [6.45, 7) is 6.23. The summed E-state index contributed by atoms with van der Waals surface area (Å²) in [6.07, 6.45) is -0.0182. The molecule has 2 aliphatic rings. The normalized spacial score (nSPS) is 17.4. The summed E-state index contributed by atoms with van der Waals surface area (Å²) in [4.78, 5) is 24.5. The zero-order chi connectivity index (χ0) is 25.9. The molecule has 1 fully saturated rings. The Morgan fingerprint density at radius 2 is 1.89 bits per heavy atom. The zero-order valence-electron chi connectivity index (χ0n) is 19.9. The van der Waals surface area contributed by atoms with E-state index in [1.807, 2.05) is 31.2 Å². The molecule has 1 heterocycles. The van der Waals surface area contributed by atoms with Gasteiger partial charge in [-0.3, -0.25) is 9.80 Å². The average Bonchev–Trinajstić information content (AvgIpc) is 3.33. The third-order valence-electron chi connectivity index (χ3n) is 6.77. The molecule has 0 spiro atoms. The molecule has 9 heteroatoms. The van der Waals surface area contributed by atoms with Gasteiger partial charge in [0.05, 0.1) is 18.3 Å². The molecule has 188 valence electrons. The molecule has 0 bridgehead atoms. The Morgan fingerprint density at radius 3 is 2.56 bits per heavy atom. The van der Waals surface area contributed by atoms with Gasteiger partial charge in [0, 0.05) is 17.5 Å². The topological polar surface area (TPSA) is 74.1 Å². The molecule has 1 amide bonds. The fourth-order valence-corrected chi connectivity index (χ4v) is 4.91. The lowest BCUT2D eigenvalue weighted by atomic mass is 9.78. The number of nitrogens with one attached hydrogen (secondary N) is 1. The summed E-state index contributed by atoms with van der Waals surface area (Å²) in [5, 5.41) is 11.7. The number of hydrogen-bond donors (Lipinski definition) is 1. The molecule has 0 atom stereocenters. The van der Waals surface area contributed by atoms with Gasteiger partial charge >= 0.3 is 6.18 Å². The van der Waals surface area contributed by atoms with E-state index in [0.717, 1.165) is 30.0 Å². The number of benzene rings is 2. The maximum Gasteiger partial charge on any atom is 0.416 e. The first kappa shape index (κ1) is 25.3. The van der Waals surface area contributed by atoms with E-state index in [1.54, 1.807) is 6.07 Å². The average molecular weight is 497 g/mol. The predicted octanol–water partition coefficient (Wildman–Crippen LogP) is 5.98. The smallest absolute Gasteiger partial charge is 0.347 e. The van der Waals surface area contributed by atoms with Gasteiger partial charge in [-0.1, -0.05) is 67.4 Å². The molecule has 1 aliphatic heterocycles. The van der Waals surface area contributed by atoms with Crippen molar-refractivity contribution >= 4 is 11.6 Å². The van der Waals surface area contributed by atoms with Crippen LogP contribution in [0.1, 0.15) is 47.9 Å². The van der Waals surface area contributed by atoms with Crippen molar-refractivity contribution in [2.24, 2.45) is 10.3 Å². The lowest BCUT2D eigenvalue weighted by Gasteiger charge is -2.35. The maximum atomic E-state index is 13.4. The lowest BCUT2D eigenvalue weighted by Crippen LogP contribution is -2.40. The summed E-state index contributed by atoms with van der Waals surface area (Å²) >= 11 is 0. The molecule has 0 aromatic heterocycles. The molecule has 1 aliphatic carbocycles. The summed E-state index contributed by atoms with van der Waals surface area (Å²) < 4.78 is 40.2. The highest BCUT2D eigenvalue weighted by Gasteiger charge is 2.40. The molecule has 4 rings (SSSR count). The first-order chi connectivity index (χ1) is 17.1. The van der Waals surface area contributed by atoms with Crippen molar-refractivity contribution in [1.82, 2.24) is 10.3 Å². The van der Waals surface area contributed by atoms with Crippen molar-refractivity contribution < 1.29 is 18.0 Å². The first-order valence-electron chi connectivity index (χ1n) is 11.7. The molecular formula is C27H27F3N4O2. The summed E-state index contributed by atoms with van der Waals surface area (Å²) in [5.74, 6) is -0.514. The van der Waals surface area contributed by atoms with Crippen LogP contribution in [-0.2, 0) is 22.9 Å². The number of carbonyl (C=O) groups excluding carboxylic acids is 1. The molecule has 0 radical (unpaired) electrons. The fraction of sp³-hybridized carbons (Fsp3) is 0.333. The molecule has 36 heavy (non-hydrogen) atoms. The Hall–Kier alpha value is -3.75. The summed E-state index contributed by atoms with van der Waals surface area (Å²) in [5.41, 5.74) is 1.22. The number of alkyl halides is 3. The van der Waals surface area contributed by atoms with Gasteiger partial charge < -0.3 is 5.32 Å². The minimum Gasteiger partial charge on any atom is -0.347 e. The standard InChI is InChI=1S/C27H27F3N4O2/c1-18-7-5-8-20(13-18)15-31-25(35)24-19(2)23(33-36)16-34(32-24)17-26(11-3-4-12-26)21-9-6-10-22(14-21)27(28,29)30/h5-10,13-14,16H,2-4,11-12,15,17H2,1H3,(H,31,35). The number of hydrazone groups is 1. The molecule has 1 N–H and O–H groups in total. The Kier molecular flexibility index (Phi) is 7.10. The van der Waals surface area contributed by atoms with Gasteiger partial charge in [0.1, 0.15) is 5.70 Å². The van der Waals surface area contributed by atoms with Crippen LogP contribution in [0, 0.1) is 11.8 Å². The number of aryl methyl sites for hydroxylation is 1. The van der Waals surface area contributed by atoms with E-state index >= 15 is 0 Å². The Labute approximate surface area is 207 Å². The van der Waals surface area contributed by atoms with Crippen molar-refractivity contribution in [3.63, 3.8) is 0 Å². The lowest BCUT2D eigenvalue weighted by molar-refractivity contribution is -0.137. The van der Waals surface area contributed by atoms with Crippen LogP contribution in [0.15, 0.2) is 82.9 Å². The molecule has 6 nitrogen and oxygen atoms in total. The van der Waals surface area contributed by atoms with Crippen molar-refractivity contribution in [1.29, 1.82) is 0 Å². The Balaban J connectivity index is 1.60. The van der Waals surface area contributed by atoms with Crippen LogP contribution in [0.3, 0.4) is 0 Å². The zero-order valence-corrected chi connectivity index (χ0v) is 19.9. The Bertz CT molecular complexity index is 1240. The highest BCUT2D eigenvalue weighted by atomic mass is 19.4. The molecule has 0 saturated heterocycles. The van der Waals surface area contributed by atoms with Crippen molar-refractivity contribution in [3.05, 3.63) is 99.7 Å². The van der Waals surface area contributed by atoms with Crippen LogP contribution >= 0.6 is 0 Å². The minimum absolute atomic E-state index is 0.0390. The third kappa shape index (κ3) is 5.40. The number of nitroso groups, excluding NO2 is 1. The van der Waals surface area contributed by atoms with Crippen LogP contribution < -0.4 is 5.32 Å². The maximum absolute atomic E-state index is 13.4. The fourth-order valence-electron chi connectivity index (χ4n) is 4.91. The Morgan fingerprint density at radius 1 is 1.17 bits per heavy atom. The number of amides is 1. The van der Waals surface area contributed by atoms with Gasteiger partial charge in [-0.2, -0.15) is 18.3 Å².